The third-order valence-corrected chi connectivity index (χ3v) is 3.36. The minimum absolute atomic E-state index is 0.516. The Kier molecular flexibility index (Phi) is 3.75. The number of aryl methyl sites for hydroxylation is 1. The zero-order valence-electron chi connectivity index (χ0n) is 10.8. The molecule has 0 spiro atoms. The highest BCUT2D eigenvalue weighted by atomic mass is 14.9. The molecule has 1 atom stereocenters. The van der Waals surface area contributed by atoms with Gasteiger partial charge in [-0.25, -0.2) is 0 Å². The number of para-hydroxylation sites is 1. The molecule has 1 heterocycles. The van der Waals surface area contributed by atoms with Crippen molar-refractivity contribution in [1.29, 1.82) is 0 Å². The van der Waals surface area contributed by atoms with Crippen LogP contribution in [0.3, 0.4) is 0 Å². The van der Waals surface area contributed by atoms with Gasteiger partial charge in [0.2, 0.25) is 0 Å². The first-order chi connectivity index (χ1) is 8.24. The van der Waals surface area contributed by atoms with Crippen LogP contribution in [0.25, 0.3) is 10.9 Å². The van der Waals surface area contributed by atoms with Gasteiger partial charge in [0.25, 0.3) is 0 Å². The standard InChI is InChI=1S/C15H20N2/c1-4-13(16-3)10-15-11(2)9-12-7-5-6-8-14(12)17-15/h5-9,13,16H,4,10H2,1-3H3. The lowest BCUT2D eigenvalue weighted by molar-refractivity contribution is 0.537. The van der Waals surface area contributed by atoms with Crippen LogP contribution in [0.15, 0.2) is 30.3 Å². The maximum absolute atomic E-state index is 4.77. The summed E-state index contributed by atoms with van der Waals surface area (Å²) in [5, 5.41) is 4.56. The van der Waals surface area contributed by atoms with E-state index < -0.39 is 0 Å². The number of nitrogens with one attached hydrogen (secondary N) is 1. The van der Waals surface area contributed by atoms with Crippen molar-refractivity contribution < 1.29 is 0 Å². The van der Waals surface area contributed by atoms with Crippen LogP contribution in [0.4, 0.5) is 0 Å². The Morgan fingerprint density at radius 2 is 2.06 bits per heavy atom. The summed E-state index contributed by atoms with van der Waals surface area (Å²) >= 11 is 0. The van der Waals surface area contributed by atoms with Crippen molar-refractivity contribution in [3.05, 3.63) is 41.6 Å². The van der Waals surface area contributed by atoms with Crippen LogP contribution in [-0.2, 0) is 6.42 Å². The van der Waals surface area contributed by atoms with E-state index in [2.05, 4.69) is 43.4 Å². The Morgan fingerprint density at radius 3 is 2.76 bits per heavy atom. The highest BCUT2D eigenvalue weighted by Crippen LogP contribution is 2.17. The molecular formula is C15H20N2. The van der Waals surface area contributed by atoms with Gasteiger partial charge >= 0.3 is 0 Å². The normalized spacial score (nSPS) is 12.9. The monoisotopic (exact) mass is 228 g/mol. The number of hydrogen-bond donors (Lipinski definition) is 1. The fraction of sp³-hybridized carbons (Fsp3) is 0.400. The van der Waals surface area contributed by atoms with E-state index in [4.69, 9.17) is 4.98 Å². The summed E-state index contributed by atoms with van der Waals surface area (Å²) in [7, 11) is 2.02. The first kappa shape index (κ1) is 12.1. The smallest absolute Gasteiger partial charge is 0.0705 e. The maximum atomic E-state index is 4.77. The van der Waals surface area contributed by atoms with E-state index in [0.717, 1.165) is 18.4 Å². The second-order valence-corrected chi connectivity index (χ2v) is 4.54. The molecule has 0 aliphatic heterocycles. The van der Waals surface area contributed by atoms with Crippen molar-refractivity contribution in [1.82, 2.24) is 10.3 Å². The van der Waals surface area contributed by atoms with E-state index in [0.29, 0.717) is 6.04 Å². The van der Waals surface area contributed by atoms with Gasteiger partial charge in [-0.15, -0.1) is 0 Å². The average molecular weight is 228 g/mol. The summed E-state index contributed by atoms with van der Waals surface area (Å²) in [4.78, 5) is 4.77. The van der Waals surface area contributed by atoms with E-state index in [1.807, 2.05) is 13.1 Å². The third-order valence-electron chi connectivity index (χ3n) is 3.36. The lowest BCUT2D eigenvalue weighted by atomic mass is 10.0. The van der Waals surface area contributed by atoms with Crippen LogP contribution < -0.4 is 5.32 Å². The molecule has 0 amide bonds. The molecule has 1 N–H and O–H groups in total. The molecule has 2 aromatic rings. The molecule has 0 aliphatic rings. The SMILES string of the molecule is CCC(Cc1nc2ccccc2cc1C)NC. The molecule has 1 unspecified atom stereocenters. The van der Waals surface area contributed by atoms with Crippen molar-refractivity contribution in [2.75, 3.05) is 7.05 Å². The minimum Gasteiger partial charge on any atom is -0.317 e. The van der Waals surface area contributed by atoms with Gasteiger partial charge in [0.1, 0.15) is 0 Å². The summed E-state index contributed by atoms with van der Waals surface area (Å²) in [6.45, 7) is 4.36. The summed E-state index contributed by atoms with van der Waals surface area (Å²) in [5.74, 6) is 0. The highest BCUT2D eigenvalue weighted by Gasteiger charge is 2.09. The van der Waals surface area contributed by atoms with E-state index >= 15 is 0 Å². The number of aromatic nitrogens is 1. The van der Waals surface area contributed by atoms with E-state index in [1.54, 1.807) is 0 Å². The lowest BCUT2D eigenvalue weighted by Crippen LogP contribution is -2.27. The Morgan fingerprint density at radius 1 is 1.29 bits per heavy atom. The molecular weight excluding hydrogens is 208 g/mol. The van der Waals surface area contributed by atoms with Gasteiger partial charge in [-0.05, 0) is 38.1 Å². The number of pyridine rings is 1. The van der Waals surface area contributed by atoms with Crippen molar-refractivity contribution >= 4 is 10.9 Å². The van der Waals surface area contributed by atoms with Crippen LogP contribution in [0.1, 0.15) is 24.6 Å². The number of rotatable bonds is 4. The average Bonchev–Trinajstić information content (AvgIpc) is 2.36. The van der Waals surface area contributed by atoms with Crippen LogP contribution in [0.2, 0.25) is 0 Å². The van der Waals surface area contributed by atoms with Crippen molar-refractivity contribution in [3.63, 3.8) is 0 Å². The molecule has 0 bridgehead atoms. The van der Waals surface area contributed by atoms with Crippen LogP contribution in [0, 0.1) is 6.92 Å². The number of benzene rings is 1. The predicted molar refractivity (Wildman–Crippen MR) is 73.3 cm³/mol. The molecule has 0 saturated heterocycles. The Labute approximate surface area is 103 Å². The fourth-order valence-corrected chi connectivity index (χ4v) is 2.15. The third kappa shape index (κ3) is 2.64. The molecule has 0 fully saturated rings. The molecule has 0 aliphatic carbocycles. The molecule has 90 valence electrons. The summed E-state index contributed by atoms with van der Waals surface area (Å²) in [6.07, 6.45) is 2.13. The van der Waals surface area contributed by atoms with Crippen molar-refractivity contribution in [3.8, 4) is 0 Å². The molecule has 1 aromatic carbocycles. The zero-order chi connectivity index (χ0) is 12.3. The Bertz CT molecular complexity index is 501. The number of likely N-dealkylation sites (N-methyl/N-ethyl adjacent to an activating group) is 1. The second kappa shape index (κ2) is 5.28. The Hall–Kier alpha value is -1.41. The summed E-state index contributed by atoms with van der Waals surface area (Å²) in [5.41, 5.74) is 3.60. The number of hydrogen-bond acceptors (Lipinski definition) is 2. The van der Waals surface area contributed by atoms with Crippen LogP contribution in [-0.4, -0.2) is 18.1 Å². The molecule has 2 rings (SSSR count). The highest BCUT2D eigenvalue weighted by molar-refractivity contribution is 5.79. The minimum atomic E-state index is 0.516. The predicted octanol–water partition coefficient (Wildman–Crippen LogP) is 3.08. The van der Waals surface area contributed by atoms with E-state index in [9.17, 15) is 0 Å². The summed E-state index contributed by atoms with van der Waals surface area (Å²) in [6, 6.07) is 11.1. The fourth-order valence-electron chi connectivity index (χ4n) is 2.15. The first-order valence-electron chi connectivity index (χ1n) is 6.27. The maximum Gasteiger partial charge on any atom is 0.0705 e. The van der Waals surface area contributed by atoms with Gasteiger partial charge in [0.05, 0.1) is 5.52 Å². The quantitative estimate of drug-likeness (QED) is 0.870. The molecule has 0 radical (unpaired) electrons. The van der Waals surface area contributed by atoms with Gasteiger partial charge in [-0.3, -0.25) is 4.98 Å². The van der Waals surface area contributed by atoms with Gasteiger partial charge in [-0.1, -0.05) is 25.1 Å². The molecule has 1 aromatic heterocycles. The van der Waals surface area contributed by atoms with E-state index in [-0.39, 0.29) is 0 Å². The van der Waals surface area contributed by atoms with Crippen molar-refractivity contribution in [2.24, 2.45) is 0 Å². The molecule has 2 nitrogen and oxygen atoms in total. The lowest BCUT2D eigenvalue weighted by Gasteiger charge is -2.15. The van der Waals surface area contributed by atoms with Gasteiger partial charge < -0.3 is 5.32 Å². The van der Waals surface area contributed by atoms with E-state index in [1.165, 1.54) is 16.6 Å². The van der Waals surface area contributed by atoms with Gasteiger partial charge in [-0.2, -0.15) is 0 Å². The van der Waals surface area contributed by atoms with Crippen molar-refractivity contribution in [2.45, 2.75) is 32.7 Å². The zero-order valence-corrected chi connectivity index (χ0v) is 10.8. The van der Waals surface area contributed by atoms with Gasteiger partial charge in [0.15, 0.2) is 0 Å². The van der Waals surface area contributed by atoms with Crippen LogP contribution >= 0.6 is 0 Å². The molecule has 0 saturated carbocycles. The number of fused-ring (bicyclic) bond motifs is 1. The van der Waals surface area contributed by atoms with Crippen LogP contribution in [0.5, 0.6) is 0 Å². The topological polar surface area (TPSA) is 24.9 Å². The largest absolute Gasteiger partial charge is 0.317 e. The molecule has 2 heteroatoms. The van der Waals surface area contributed by atoms with Gasteiger partial charge in [0, 0.05) is 23.5 Å². The first-order valence-corrected chi connectivity index (χ1v) is 6.27. The second-order valence-electron chi connectivity index (χ2n) is 4.54. The Balaban J connectivity index is 2.37. The number of nitrogens with zero attached hydrogens (tertiary/aromatic N) is 1. The summed E-state index contributed by atoms with van der Waals surface area (Å²) < 4.78 is 0. The molecule has 17 heavy (non-hydrogen) atoms.